The first kappa shape index (κ1) is 20.7. The Morgan fingerprint density at radius 1 is 1.14 bits per heavy atom. The molecule has 2 aromatic rings. The van der Waals surface area contributed by atoms with Crippen LogP contribution in [0.5, 0.6) is 5.75 Å². The number of aryl methyl sites for hydroxylation is 1. The van der Waals surface area contributed by atoms with Crippen molar-refractivity contribution < 1.29 is 14.3 Å². The molecule has 3 rings (SSSR count). The second-order valence-corrected chi connectivity index (χ2v) is 7.11. The average Bonchev–Trinajstić information content (AvgIpc) is 2.74. The lowest BCUT2D eigenvalue weighted by atomic mass is 10.1. The predicted octanol–water partition coefficient (Wildman–Crippen LogP) is 2.85. The van der Waals surface area contributed by atoms with Crippen molar-refractivity contribution in [2.24, 2.45) is 4.99 Å². The monoisotopic (exact) mass is 414 g/mol. The van der Waals surface area contributed by atoms with Crippen molar-refractivity contribution in [1.29, 1.82) is 0 Å². The van der Waals surface area contributed by atoms with Gasteiger partial charge in [0.1, 0.15) is 5.75 Å². The van der Waals surface area contributed by atoms with Crippen molar-refractivity contribution >= 4 is 35.6 Å². The van der Waals surface area contributed by atoms with Gasteiger partial charge in [-0.15, -0.1) is 0 Å². The van der Waals surface area contributed by atoms with Crippen molar-refractivity contribution in [3.63, 3.8) is 0 Å². The molecule has 0 unspecified atom stereocenters. The average molecular weight is 415 g/mol. The first-order valence-corrected chi connectivity index (χ1v) is 9.62. The number of ether oxygens (including phenoxy) is 1. The molecule has 8 heteroatoms. The van der Waals surface area contributed by atoms with Crippen LogP contribution < -0.4 is 10.1 Å². The van der Waals surface area contributed by atoms with E-state index in [-0.39, 0.29) is 5.91 Å². The molecule has 1 fully saturated rings. The van der Waals surface area contributed by atoms with Gasteiger partial charge in [0.2, 0.25) is 12.4 Å². The molecule has 0 atom stereocenters. The largest absolute Gasteiger partial charge is 0.495 e. The minimum absolute atomic E-state index is 0.249. The van der Waals surface area contributed by atoms with E-state index in [1.807, 2.05) is 24.0 Å². The van der Waals surface area contributed by atoms with Gasteiger partial charge in [-0.1, -0.05) is 29.3 Å². The highest BCUT2D eigenvalue weighted by Crippen LogP contribution is 2.28. The Morgan fingerprint density at radius 3 is 2.41 bits per heavy atom. The van der Waals surface area contributed by atoms with Crippen LogP contribution in [0.2, 0.25) is 5.02 Å². The maximum absolute atomic E-state index is 12.8. The number of benzene rings is 2. The van der Waals surface area contributed by atoms with Crippen LogP contribution in [0, 0.1) is 6.92 Å². The summed E-state index contributed by atoms with van der Waals surface area (Å²) < 4.78 is 5.18. The van der Waals surface area contributed by atoms with Gasteiger partial charge in [-0.2, -0.15) is 0 Å². The highest BCUT2D eigenvalue weighted by molar-refractivity contribution is 6.32. The molecular formula is C21H23ClN4O3. The van der Waals surface area contributed by atoms with Crippen LogP contribution in [0.25, 0.3) is 0 Å². The predicted molar refractivity (Wildman–Crippen MR) is 113 cm³/mol. The molecule has 1 aliphatic heterocycles. The summed E-state index contributed by atoms with van der Waals surface area (Å²) in [5, 5.41) is 3.34. The van der Waals surface area contributed by atoms with Crippen LogP contribution in [0.1, 0.15) is 15.9 Å². The first-order valence-electron chi connectivity index (χ1n) is 9.24. The molecule has 7 nitrogen and oxygen atoms in total. The van der Waals surface area contributed by atoms with Gasteiger partial charge in [0.15, 0.2) is 0 Å². The maximum Gasteiger partial charge on any atom is 0.257 e. The van der Waals surface area contributed by atoms with Gasteiger partial charge in [0.05, 0.1) is 17.8 Å². The summed E-state index contributed by atoms with van der Waals surface area (Å²) >= 11 is 6.21. The van der Waals surface area contributed by atoms with Crippen LogP contribution in [0.3, 0.4) is 0 Å². The molecule has 1 N–H and O–H groups in total. The highest BCUT2D eigenvalue weighted by Gasteiger charge is 2.21. The van der Waals surface area contributed by atoms with Gasteiger partial charge in [-0.05, 0) is 37.3 Å². The molecule has 1 saturated heterocycles. The summed E-state index contributed by atoms with van der Waals surface area (Å²) in [6.45, 7) is 4.22. The number of carbonyl (C=O) groups excluding carboxylic acids is 2. The normalized spacial score (nSPS) is 14.5. The van der Waals surface area contributed by atoms with E-state index in [9.17, 15) is 9.59 Å². The number of halogens is 1. The Balaban J connectivity index is 1.86. The number of amides is 2. The summed E-state index contributed by atoms with van der Waals surface area (Å²) in [5.41, 5.74) is 2.21. The number of rotatable bonds is 4. The Bertz CT molecular complexity index is 907. The minimum atomic E-state index is -0.249. The molecule has 0 bridgehead atoms. The van der Waals surface area contributed by atoms with Gasteiger partial charge in [0.25, 0.3) is 5.91 Å². The van der Waals surface area contributed by atoms with E-state index in [0.29, 0.717) is 54.2 Å². The van der Waals surface area contributed by atoms with Gasteiger partial charge < -0.3 is 14.5 Å². The number of nitrogens with one attached hydrogen (secondary N) is 1. The van der Waals surface area contributed by atoms with Gasteiger partial charge in [-0.3, -0.25) is 14.9 Å². The molecular weight excluding hydrogens is 392 g/mol. The molecule has 29 heavy (non-hydrogen) atoms. The lowest BCUT2D eigenvalue weighted by Gasteiger charge is -2.34. The van der Waals surface area contributed by atoms with E-state index in [0.717, 1.165) is 12.0 Å². The van der Waals surface area contributed by atoms with Gasteiger partial charge >= 0.3 is 0 Å². The molecule has 0 aromatic heterocycles. The summed E-state index contributed by atoms with van der Waals surface area (Å²) in [4.78, 5) is 32.0. The molecule has 0 aliphatic carbocycles. The fourth-order valence-electron chi connectivity index (χ4n) is 2.94. The second-order valence-electron chi connectivity index (χ2n) is 6.70. The summed E-state index contributed by atoms with van der Waals surface area (Å²) in [5.74, 6) is 0.721. The van der Waals surface area contributed by atoms with E-state index >= 15 is 0 Å². The van der Waals surface area contributed by atoms with Crippen molar-refractivity contribution in [2.75, 3.05) is 33.3 Å². The topological polar surface area (TPSA) is 74.2 Å². The number of hydrogen-bond acceptors (Lipinski definition) is 4. The van der Waals surface area contributed by atoms with Crippen LogP contribution in [-0.4, -0.2) is 61.4 Å². The third kappa shape index (κ3) is 5.26. The maximum atomic E-state index is 12.8. The molecule has 1 heterocycles. The van der Waals surface area contributed by atoms with Crippen LogP contribution >= 0.6 is 11.6 Å². The lowest BCUT2D eigenvalue weighted by Crippen LogP contribution is -2.53. The number of hydrogen-bond donors (Lipinski definition) is 1. The number of piperazine rings is 1. The third-order valence-electron chi connectivity index (χ3n) is 4.67. The van der Waals surface area contributed by atoms with Crippen molar-refractivity contribution in [2.45, 2.75) is 6.92 Å². The van der Waals surface area contributed by atoms with Crippen molar-refractivity contribution in [3.8, 4) is 5.75 Å². The minimum Gasteiger partial charge on any atom is -0.495 e. The van der Waals surface area contributed by atoms with Crippen LogP contribution in [0.15, 0.2) is 47.5 Å². The van der Waals surface area contributed by atoms with Gasteiger partial charge in [-0.25, -0.2) is 4.99 Å². The number of guanidine groups is 1. The Kier molecular flexibility index (Phi) is 6.72. The third-order valence-corrected chi connectivity index (χ3v) is 4.97. The first-order chi connectivity index (χ1) is 14.0. The summed E-state index contributed by atoms with van der Waals surface area (Å²) in [7, 11) is 1.55. The number of nitrogens with zero attached hydrogens (tertiary/aromatic N) is 3. The molecule has 0 spiro atoms. The Hall–Kier alpha value is -3.06. The molecule has 152 valence electrons. The van der Waals surface area contributed by atoms with Crippen molar-refractivity contribution in [1.82, 2.24) is 15.1 Å². The fraction of sp³-hybridized carbons (Fsp3) is 0.286. The number of aliphatic imine (C=N–C) groups is 1. The Labute approximate surface area is 174 Å². The SMILES string of the molecule is COc1ccc(N=C(NC(=O)c2ccc(C)cc2)N2CCN(C=O)CC2)cc1Cl. The van der Waals surface area contributed by atoms with E-state index in [4.69, 9.17) is 16.3 Å². The lowest BCUT2D eigenvalue weighted by molar-refractivity contribution is -0.119. The van der Waals surface area contributed by atoms with E-state index in [2.05, 4.69) is 10.3 Å². The molecule has 1 aliphatic rings. The molecule has 0 radical (unpaired) electrons. The summed E-state index contributed by atoms with van der Waals surface area (Å²) in [6, 6.07) is 12.5. The molecule has 2 aromatic carbocycles. The second kappa shape index (κ2) is 9.43. The quantitative estimate of drug-likeness (QED) is 0.474. The van der Waals surface area contributed by atoms with Crippen LogP contribution in [0.4, 0.5) is 5.69 Å². The Morgan fingerprint density at radius 2 is 1.83 bits per heavy atom. The highest BCUT2D eigenvalue weighted by atomic mass is 35.5. The molecule has 2 amide bonds. The van der Waals surface area contributed by atoms with Gasteiger partial charge in [0, 0.05) is 31.7 Å². The standard InChI is InChI=1S/C21H23ClN4O3/c1-15-3-5-16(6-4-15)20(28)24-21(26-11-9-25(14-27)10-12-26)23-17-7-8-19(29-2)18(22)13-17/h3-8,13-14H,9-12H2,1-2H3,(H,23,24,28). The smallest absolute Gasteiger partial charge is 0.257 e. The van der Waals surface area contributed by atoms with E-state index in [1.54, 1.807) is 42.3 Å². The summed E-state index contributed by atoms with van der Waals surface area (Å²) in [6.07, 6.45) is 0.836. The van der Waals surface area contributed by atoms with Crippen molar-refractivity contribution in [3.05, 3.63) is 58.6 Å². The van der Waals surface area contributed by atoms with Crippen LogP contribution in [-0.2, 0) is 4.79 Å². The molecule has 0 saturated carbocycles. The number of carbonyl (C=O) groups is 2. The zero-order valence-electron chi connectivity index (χ0n) is 16.4. The number of methoxy groups -OCH3 is 1. The fourth-order valence-corrected chi connectivity index (χ4v) is 3.19. The zero-order valence-corrected chi connectivity index (χ0v) is 17.1. The van der Waals surface area contributed by atoms with E-state index < -0.39 is 0 Å². The zero-order chi connectivity index (χ0) is 20.8. The van der Waals surface area contributed by atoms with E-state index in [1.165, 1.54) is 0 Å².